The third-order valence-electron chi connectivity index (χ3n) is 5.27. The van der Waals surface area contributed by atoms with Crippen LogP contribution in [0.2, 0.25) is 0 Å². The standard InChI is InChI=1S/C23H21N5O/c29-23(26-21-7-1-2-12-24-21)19-6-5-15-28-16-20(25-22(19)28)17-8-10-18(11-9-17)27-13-3-4-14-27/h1-2,5-12,15-16H,3-4,13-14H2,(H,24,26,29). The highest BCUT2D eigenvalue weighted by atomic mass is 16.1. The fourth-order valence-electron chi connectivity index (χ4n) is 3.77. The molecule has 0 spiro atoms. The third kappa shape index (κ3) is 3.45. The van der Waals surface area contributed by atoms with Gasteiger partial charge in [0.25, 0.3) is 5.91 Å². The molecule has 6 nitrogen and oxygen atoms in total. The molecule has 5 rings (SSSR count). The third-order valence-corrected chi connectivity index (χ3v) is 5.27. The molecule has 144 valence electrons. The lowest BCUT2D eigenvalue weighted by molar-refractivity contribution is 0.102. The van der Waals surface area contributed by atoms with E-state index in [0.29, 0.717) is 17.0 Å². The van der Waals surface area contributed by atoms with Crippen molar-refractivity contribution in [3.8, 4) is 11.3 Å². The van der Waals surface area contributed by atoms with Gasteiger partial charge in [-0.3, -0.25) is 4.79 Å². The highest BCUT2D eigenvalue weighted by molar-refractivity contribution is 6.08. The zero-order valence-corrected chi connectivity index (χ0v) is 16.0. The molecule has 4 aromatic rings. The van der Waals surface area contributed by atoms with Crippen LogP contribution in [-0.2, 0) is 0 Å². The SMILES string of the molecule is O=C(Nc1ccccn1)c1cccn2cc(-c3ccc(N4CCCC4)cc3)nc12. The number of pyridine rings is 2. The van der Waals surface area contributed by atoms with Crippen LogP contribution < -0.4 is 10.2 Å². The van der Waals surface area contributed by atoms with E-state index in [2.05, 4.69) is 39.5 Å². The van der Waals surface area contributed by atoms with Crippen LogP contribution in [-0.4, -0.2) is 33.4 Å². The van der Waals surface area contributed by atoms with Gasteiger partial charge in [0, 0.05) is 42.9 Å². The molecule has 0 aliphatic carbocycles. The van der Waals surface area contributed by atoms with Crippen molar-refractivity contribution in [1.82, 2.24) is 14.4 Å². The van der Waals surface area contributed by atoms with Crippen LogP contribution in [0.15, 0.2) is 73.2 Å². The van der Waals surface area contributed by atoms with Gasteiger partial charge in [-0.05, 0) is 49.2 Å². The van der Waals surface area contributed by atoms with Crippen molar-refractivity contribution in [1.29, 1.82) is 0 Å². The molecule has 0 atom stereocenters. The number of fused-ring (bicyclic) bond motifs is 1. The normalized spacial score (nSPS) is 13.7. The van der Waals surface area contributed by atoms with Crippen LogP contribution >= 0.6 is 0 Å². The molecule has 4 heterocycles. The summed E-state index contributed by atoms with van der Waals surface area (Å²) < 4.78 is 1.89. The summed E-state index contributed by atoms with van der Waals surface area (Å²) in [4.78, 5) is 24.1. The Balaban J connectivity index is 1.44. The number of carbonyl (C=O) groups is 1. The molecular formula is C23H21N5O. The molecule has 1 N–H and O–H groups in total. The van der Waals surface area contributed by atoms with E-state index < -0.39 is 0 Å². The second-order valence-corrected chi connectivity index (χ2v) is 7.19. The number of aromatic nitrogens is 3. The smallest absolute Gasteiger partial charge is 0.260 e. The van der Waals surface area contributed by atoms with Crippen LogP contribution in [0.25, 0.3) is 16.9 Å². The number of hydrogen-bond donors (Lipinski definition) is 1. The summed E-state index contributed by atoms with van der Waals surface area (Å²) in [6, 6.07) is 17.5. The Morgan fingerprint density at radius 3 is 2.55 bits per heavy atom. The van der Waals surface area contributed by atoms with Gasteiger partial charge in [0.05, 0.1) is 11.3 Å². The van der Waals surface area contributed by atoms with Crippen molar-refractivity contribution in [2.45, 2.75) is 12.8 Å². The molecule has 29 heavy (non-hydrogen) atoms. The highest BCUT2D eigenvalue weighted by Gasteiger charge is 2.16. The Hall–Kier alpha value is -3.67. The lowest BCUT2D eigenvalue weighted by Gasteiger charge is -2.17. The van der Waals surface area contributed by atoms with Gasteiger partial charge in [-0.2, -0.15) is 0 Å². The second-order valence-electron chi connectivity index (χ2n) is 7.19. The minimum atomic E-state index is -0.226. The van der Waals surface area contributed by atoms with Crippen molar-refractivity contribution >= 4 is 23.1 Å². The zero-order valence-electron chi connectivity index (χ0n) is 16.0. The first-order valence-electron chi connectivity index (χ1n) is 9.83. The molecule has 0 unspecified atom stereocenters. The van der Waals surface area contributed by atoms with Gasteiger partial charge < -0.3 is 14.6 Å². The summed E-state index contributed by atoms with van der Waals surface area (Å²) >= 11 is 0. The van der Waals surface area contributed by atoms with E-state index in [9.17, 15) is 4.79 Å². The highest BCUT2D eigenvalue weighted by Crippen LogP contribution is 2.26. The molecule has 0 saturated carbocycles. The van der Waals surface area contributed by atoms with E-state index in [1.807, 2.05) is 35.0 Å². The quantitative estimate of drug-likeness (QED) is 0.572. The predicted molar refractivity (Wildman–Crippen MR) is 114 cm³/mol. The minimum absolute atomic E-state index is 0.226. The summed E-state index contributed by atoms with van der Waals surface area (Å²) in [6.45, 7) is 2.25. The van der Waals surface area contributed by atoms with E-state index in [1.165, 1.54) is 18.5 Å². The van der Waals surface area contributed by atoms with E-state index in [4.69, 9.17) is 4.98 Å². The minimum Gasteiger partial charge on any atom is -0.372 e. The number of anilines is 2. The fraction of sp³-hybridized carbons (Fsp3) is 0.174. The molecular weight excluding hydrogens is 362 g/mol. The van der Waals surface area contributed by atoms with E-state index in [-0.39, 0.29) is 5.91 Å². The van der Waals surface area contributed by atoms with Gasteiger partial charge >= 0.3 is 0 Å². The van der Waals surface area contributed by atoms with Crippen molar-refractivity contribution < 1.29 is 4.79 Å². The first-order chi connectivity index (χ1) is 14.3. The molecule has 0 radical (unpaired) electrons. The molecule has 1 fully saturated rings. The van der Waals surface area contributed by atoms with Crippen LogP contribution in [0, 0.1) is 0 Å². The maximum absolute atomic E-state index is 12.8. The predicted octanol–water partition coefficient (Wildman–Crippen LogP) is 4.25. The van der Waals surface area contributed by atoms with E-state index in [0.717, 1.165) is 24.3 Å². The monoisotopic (exact) mass is 383 g/mol. The summed E-state index contributed by atoms with van der Waals surface area (Å²) in [7, 11) is 0. The van der Waals surface area contributed by atoms with Crippen molar-refractivity contribution in [2.24, 2.45) is 0 Å². The number of rotatable bonds is 4. The Kier molecular flexibility index (Phi) is 4.44. The van der Waals surface area contributed by atoms with Crippen molar-refractivity contribution in [3.63, 3.8) is 0 Å². The van der Waals surface area contributed by atoms with Gasteiger partial charge in [-0.15, -0.1) is 0 Å². The maximum Gasteiger partial charge on any atom is 0.260 e. The number of hydrogen-bond acceptors (Lipinski definition) is 4. The summed E-state index contributed by atoms with van der Waals surface area (Å²) in [5, 5.41) is 2.83. The topological polar surface area (TPSA) is 62.5 Å². The van der Waals surface area contributed by atoms with Crippen molar-refractivity contribution in [2.75, 3.05) is 23.3 Å². The molecule has 1 amide bonds. The molecule has 3 aromatic heterocycles. The van der Waals surface area contributed by atoms with Crippen LogP contribution in [0.3, 0.4) is 0 Å². The molecule has 1 aliphatic rings. The number of nitrogens with one attached hydrogen (secondary N) is 1. The largest absolute Gasteiger partial charge is 0.372 e. The number of nitrogens with zero attached hydrogens (tertiary/aromatic N) is 4. The molecule has 1 aliphatic heterocycles. The second kappa shape index (κ2) is 7.39. The Morgan fingerprint density at radius 1 is 0.966 bits per heavy atom. The summed E-state index contributed by atoms with van der Waals surface area (Å²) in [5.41, 5.74) is 4.27. The summed E-state index contributed by atoms with van der Waals surface area (Å²) in [6.07, 6.45) is 8.03. The van der Waals surface area contributed by atoms with E-state index >= 15 is 0 Å². The average Bonchev–Trinajstić information content (AvgIpc) is 3.44. The van der Waals surface area contributed by atoms with Crippen molar-refractivity contribution in [3.05, 3.63) is 78.8 Å². The van der Waals surface area contributed by atoms with Gasteiger partial charge in [0.1, 0.15) is 11.5 Å². The lowest BCUT2D eigenvalue weighted by Crippen LogP contribution is -2.17. The van der Waals surface area contributed by atoms with E-state index in [1.54, 1.807) is 18.3 Å². The van der Waals surface area contributed by atoms with Crippen LogP contribution in [0.1, 0.15) is 23.2 Å². The Bertz CT molecular complexity index is 1150. The molecule has 6 heteroatoms. The Morgan fingerprint density at radius 2 is 1.79 bits per heavy atom. The maximum atomic E-state index is 12.8. The van der Waals surface area contributed by atoms with Gasteiger partial charge in [0.2, 0.25) is 0 Å². The Labute approximate surface area is 168 Å². The van der Waals surface area contributed by atoms with Gasteiger partial charge in [-0.25, -0.2) is 9.97 Å². The molecule has 1 aromatic carbocycles. The first kappa shape index (κ1) is 17.4. The van der Waals surface area contributed by atoms with Crippen LogP contribution in [0.5, 0.6) is 0 Å². The fourth-order valence-corrected chi connectivity index (χ4v) is 3.77. The molecule has 0 bridgehead atoms. The number of amides is 1. The molecule has 1 saturated heterocycles. The average molecular weight is 383 g/mol. The number of imidazole rings is 1. The lowest BCUT2D eigenvalue weighted by atomic mass is 10.1. The first-order valence-corrected chi connectivity index (χ1v) is 9.83. The number of benzene rings is 1. The zero-order chi connectivity index (χ0) is 19.6. The van der Waals surface area contributed by atoms with Gasteiger partial charge in [0.15, 0.2) is 0 Å². The summed E-state index contributed by atoms with van der Waals surface area (Å²) in [5.74, 6) is 0.291. The van der Waals surface area contributed by atoms with Crippen LogP contribution in [0.4, 0.5) is 11.5 Å². The number of carbonyl (C=O) groups excluding carboxylic acids is 1. The van der Waals surface area contributed by atoms with Gasteiger partial charge in [-0.1, -0.05) is 18.2 Å².